The van der Waals surface area contributed by atoms with E-state index in [4.69, 9.17) is 0 Å². The largest absolute Gasteiger partial charge is 0.369 e. The van der Waals surface area contributed by atoms with Gasteiger partial charge in [-0.3, -0.25) is 4.98 Å². The van der Waals surface area contributed by atoms with Gasteiger partial charge in [0.15, 0.2) is 5.65 Å². The molecule has 0 saturated heterocycles. The molecule has 0 unspecified atom stereocenters. The van der Waals surface area contributed by atoms with Crippen molar-refractivity contribution in [2.45, 2.75) is 20.3 Å². The molecule has 2 rings (SSSR count). The number of nitrogens with zero attached hydrogens (tertiary/aromatic N) is 4. The Labute approximate surface area is 114 Å². The van der Waals surface area contributed by atoms with Crippen LogP contribution in [-0.4, -0.2) is 46.0 Å². The zero-order valence-corrected chi connectivity index (χ0v) is 11.6. The highest BCUT2D eigenvalue weighted by Crippen LogP contribution is 2.09. The van der Waals surface area contributed by atoms with Gasteiger partial charge in [0.1, 0.15) is 11.3 Å². The molecule has 1 N–H and O–H groups in total. The van der Waals surface area contributed by atoms with Crippen LogP contribution in [0.25, 0.3) is 11.2 Å². The summed E-state index contributed by atoms with van der Waals surface area (Å²) in [4.78, 5) is 15.3. The van der Waals surface area contributed by atoms with Crippen LogP contribution in [0.3, 0.4) is 0 Å². The zero-order valence-electron chi connectivity index (χ0n) is 11.6. The predicted octanol–water partition coefficient (Wildman–Crippen LogP) is 2.17. The molecule has 0 radical (unpaired) electrons. The molecular weight excluding hydrogens is 238 g/mol. The minimum atomic E-state index is 0.688. The van der Waals surface area contributed by atoms with Gasteiger partial charge in [-0.15, -0.1) is 0 Å². The molecule has 0 aliphatic rings. The number of hydrogen-bond acceptors (Lipinski definition) is 5. The van der Waals surface area contributed by atoms with Crippen molar-refractivity contribution in [3.8, 4) is 0 Å². The highest BCUT2D eigenvalue weighted by atomic mass is 15.1. The highest BCUT2D eigenvalue weighted by molar-refractivity contribution is 5.71. The first kappa shape index (κ1) is 13.7. The Morgan fingerprint density at radius 2 is 1.95 bits per heavy atom. The molecule has 0 aliphatic carbocycles. The van der Waals surface area contributed by atoms with E-state index in [2.05, 4.69) is 39.0 Å². The van der Waals surface area contributed by atoms with Gasteiger partial charge < -0.3 is 10.2 Å². The van der Waals surface area contributed by atoms with Gasteiger partial charge in [0.25, 0.3) is 0 Å². The molecule has 19 heavy (non-hydrogen) atoms. The lowest BCUT2D eigenvalue weighted by Crippen LogP contribution is -2.29. The van der Waals surface area contributed by atoms with Gasteiger partial charge in [-0.05, 0) is 31.6 Å². The maximum Gasteiger partial charge on any atom is 0.180 e. The zero-order chi connectivity index (χ0) is 13.5. The van der Waals surface area contributed by atoms with Gasteiger partial charge in [0.2, 0.25) is 0 Å². The molecule has 0 atom stereocenters. The second-order valence-corrected chi connectivity index (χ2v) is 4.46. The van der Waals surface area contributed by atoms with Gasteiger partial charge >= 0.3 is 0 Å². The summed E-state index contributed by atoms with van der Waals surface area (Å²) in [6, 6.07) is 3.90. The molecule has 0 spiro atoms. The van der Waals surface area contributed by atoms with E-state index in [0.717, 1.165) is 37.5 Å². The van der Waals surface area contributed by atoms with Crippen LogP contribution in [-0.2, 0) is 0 Å². The van der Waals surface area contributed by atoms with Crippen molar-refractivity contribution < 1.29 is 0 Å². The van der Waals surface area contributed by atoms with Crippen molar-refractivity contribution in [2.24, 2.45) is 0 Å². The summed E-state index contributed by atoms with van der Waals surface area (Å²) >= 11 is 0. The molecule has 0 fully saturated rings. The first-order valence-electron chi connectivity index (χ1n) is 6.87. The quantitative estimate of drug-likeness (QED) is 0.826. The van der Waals surface area contributed by atoms with E-state index in [-0.39, 0.29) is 0 Å². The molecule has 2 aromatic heterocycles. The molecule has 2 heterocycles. The molecular formula is C14H21N5. The van der Waals surface area contributed by atoms with Crippen molar-refractivity contribution in [1.29, 1.82) is 0 Å². The number of pyridine rings is 1. The van der Waals surface area contributed by atoms with E-state index in [1.165, 1.54) is 6.42 Å². The van der Waals surface area contributed by atoms with Gasteiger partial charge in [-0.25, -0.2) is 9.97 Å². The molecule has 0 amide bonds. The third-order valence-electron chi connectivity index (χ3n) is 3.05. The number of rotatable bonds is 7. The standard InChI is InChI=1S/C14H21N5/c1-3-10-19(4-2)11-9-16-13-6-5-12-14(18-13)17-8-7-15-12/h5-8H,3-4,9-11H2,1-2H3,(H,16,17,18). The molecule has 2 aromatic rings. The smallest absolute Gasteiger partial charge is 0.180 e. The summed E-state index contributed by atoms with van der Waals surface area (Å²) in [6.45, 7) is 8.57. The number of fused-ring (bicyclic) bond motifs is 1. The number of nitrogens with one attached hydrogen (secondary N) is 1. The monoisotopic (exact) mass is 259 g/mol. The summed E-state index contributed by atoms with van der Waals surface area (Å²) < 4.78 is 0. The Balaban J connectivity index is 1.90. The van der Waals surface area contributed by atoms with E-state index in [1.807, 2.05) is 12.1 Å². The van der Waals surface area contributed by atoms with Crippen LogP contribution in [0.1, 0.15) is 20.3 Å². The molecule has 0 aliphatic heterocycles. The van der Waals surface area contributed by atoms with Crippen molar-refractivity contribution in [3.05, 3.63) is 24.5 Å². The maximum atomic E-state index is 4.44. The van der Waals surface area contributed by atoms with E-state index >= 15 is 0 Å². The van der Waals surface area contributed by atoms with Crippen LogP contribution >= 0.6 is 0 Å². The summed E-state index contributed by atoms with van der Waals surface area (Å²) in [5, 5.41) is 3.34. The second-order valence-electron chi connectivity index (χ2n) is 4.46. The van der Waals surface area contributed by atoms with E-state index < -0.39 is 0 Å². The normalized spacial score (nSPS) is 11.1. The van der Waals surface area contributed by atoms with Crippen LogP contribution in [0.2, 0.25) is 0 Å². The number of anilines is 1. The molecule has 5 heteroatoms. The van der Waals surface area contributed by atoms with Gasteiger partial charge in [0, 0.05) is 25.5 Å². The van der Waals surface area contributed by atoms with Crippen molar-refractivity contribution in [2.75, 3.05) is 31.5 Å². The van der Waals surface area contributed by atoms with E-state index in [0.29, 0.717) is 5.65 Å². The van der Waals surface area contributed by atoms with Crippen molar-refractivity contribution >= 4 is 17.0 Å². The first-order chi connectivity index (χ1) is 9.33. The minimum Gasteiger partial charge on any atom is -0.369 e. The van der Waals surface area contributed by atoms with E-state index in [1.54, 1.807) is 12.4 Å². The lowest BCUT2D eigenvalue weighted by atomic mass is 10.3. The van der Waals surface area contributed by atoms with E-state index in [9.17, 15) is 0 Å². The third kappa shape index (κ3) is 3.86. The summed E-state index contributed by atoms with van der Waals surface area (Å²) in [7, 11) is 0. The van der Waals surface area contributed by atoms with Crippen molar-refractivity contribution in [1.82, 2.24) is 19.9 Å². The molecule has 5 nitrogen and oxygen atoms in total. The fourth-order valence-electron chi connectivity index (χ4n) is 2.04. The van der Waals surface area contributed by atoms with Crippen LogP contribution in [0, 0.1) is 0 Å². The van der Waals surface area contributed by atoms with Gasteiger partial charge in [-0.1, -0.05) is 13.8 Å². The Hall–Kier alpha value is -1.75. The molecule has 102 valence electrons. The van der Waals surface area contributed by atoms with Gasteiger partial charge in [0.05, 0.1) is 0 Å². The number of hydrogen-bond donors (Lipinski definition) is 1. The third-order valence-corrected chi connectivity index (χ3v) is 3.05. The van der Waals surface area contributed by atoms with Crippen LogP contribution in [0.4, 0.5) is 5.82 Å². The number of likely N-dealkylation sites (N-methyl/N-ethyl adjacent to an activating group) is 1. The van der Waals surface area contributed by atoms with Crippen LogP contribution in [0.15, 0.2) is 24.5 Å². The topological polar surface area (TPSA) is 53.9 Å². The fourth-order valence-corrected chi connectivity index (χ4v) is 2.04. The highest BCUT2D eigenvalue weighted by Gasteiger charge is 2.02. The summed E-state index contributed by atoms with van der Waals surface area (Å²) in [5.74, 6) is 0.862. The molecule has 0 bridgehead atoms. The first-order valence-corrected chi connectivity index (χ1v) is 6.87. The Kier molecular flexibility index (Phi) is 5.03. The maximum absolute atomic E-state index is 4.44. The average molecular weight is 259 g/mol. The predicted molar refractivity (Wildman–Crippen MR) is 78.2 cm³/mol. The average Bonchev–Trinajstić information content (AvgIpc) is 2.46. The molecule has 0 aromatic carbocycles. The second kappa shape index (κ2) is 6.99. The Bertz CT molecular complexity index is 514. The Morgan fingerprint density at radius 1 is 1.11 bits per heavy atom. The SMILES string of the molecule is CCCN(CC)CCNc1ccc2nccnc2n1. The summed E-state index contributed by atoms with van der Waals surface area (Å²) in [6.07, 6.45) is 4.54. The van der Waals surface area contributed by atoms with Crippen LogP contribution < -0.4 is 5.32 Å². The molecule has 0 saturated carbocycles. The summed E-state index contributed by atoms with van der Waals surface area (Å²) in [5.41, 5.74) is 1.52. The lowest BCUT2D eigenvalue weighted by molar-refractivity contribution is 0.300. The van der Waals surface area contributed by atoms with Crippen LogP contribution in [0.5, 0.6) is 0 Å². The fraction of sp³-hybridized carbons (Fsp3) is 0.500. The lowest BCUT2D eigenvalue weighted by Gasteiger charge is -2.19. The Morgan fingerprint density at radius 3 is 2.74 bits per heavy atom. The minimum absolute atomic E-state index is 0.688. The number of aromatic nitrogens is 3. The van der Waals surface area contributed by atoms with Gasteiger partial charge in [-0.2, -0.15) is 0 Å². The van der Waals surface area contributed by atoms with Crippen molar-refractivity contribution in [3.63, 3.8) is 0 Å².